The number of rotatable bonds is 7. The predicted molar refractivity (Wildman–Crippen MR) is 195 cm³/mol. The molecule has 2 saturated heterocycles. The van der Waals surface area contributed by atoms with E-state index in [0.717, 1.165) is 66.7 Å². The summed E-state index contributed by atoms with van der Waals surface area (Å²) in [4.78, 5) is 15.9. The lowest BCUT2D eigenvalue weighted by Crippen LogP contribution is -2.57. The summed E-state index contributed by atoms with van der Waals surface area (Å²) in [5, 5.41) is 1.10. The van der Waals surface area contributed by atoms with Crippen LogP contribution >= 0.6 is 0 Å². The molecule has 4 heterocycles. The van der Waals surface area contributed by atoms with Crippen molar-refractivity contribution < 1.29 is 29.1 Å². The molecule has 0 radical (unpaired) electrons. The van der Waals surface area contributed by atoms with Crippen LogP contribution in [0.4, 0.5) is 0 Å². The maximum absolute atomic E-state index is 15.0. The third-order valence-electron chi connectivity index (χ3n) is 12.0. The van der Waals surface area contributed by atoms with E-state index in [-0.39, 0.29) is 12.8 Å². The normalized spacial score (nSPS) is 28.3. The van der Waals surface area contributed by atoms with E-state index in [1.54, 1.807) is 13.2 Å². The number of methoxy groups -OCH3 is 1. The molecule has 4 fully saturated rings. The summed E-state index contributed by atoms with van der Waals surface area (Å²) in [6.45, 7) is 7.31. The number of piperazine rings is 1. The molecule has 3 N–H and O–H groups in total. The maximum Gasteiger partial charge on any atom is 0.304 e. The van der Waals surface area contributed by atoms with Crippen LogP contribution in [0.2, 0.25) is 0 Å². The lowest BCUT2D eigenvalue weighted by atomic mass is 9.81. The number of hydrogen-bond donors (Lipinski definition) is 1. The Bertz CT molecular complexity index is 1910. The minimum absolute atomic E-state index is 0. The van der Waals surface area contributed by atoms with Gasteiger partial charge in [-0.15, -0.1) is 0 Å². The molecule has 13 heteroatoms. The molecule has 3 aromatic rings. The van der Waals surface area contributed by atoms with E-state index in [2.05, 4.69) is 51.5 Å². The molecule has 2 aliphatic carbocycles. The second-order valence-corrected chi connectivity index (χ2v) is 18.3. The van der Waals surface area contributed by atoms with Gasteiger partial charge in [0, 0.05) is 74.2 Å². The largest absolute Gasteiger partial charge is 0.497 e. The molecular weight excluding hydrogens is 663 g/mol. The van der Waals surface area contributed by atoms with Crippen LogP contribution in [-0.4, -0.2) is 99.3 Å². The first-order chi connectivity index (χ1) is 23.0. The topological polar surface area (TPSA) is 136 Å². The number of benzene rings is 2. The molecule has 1 aromatic heterocycles. The predicted octanol–water partition coefficient (Wildman–Crippen LogP) is 4.39. The zero-order valence-electron chi connectivity index (χ0n) is 28.9. The third kappa shape index (κ3) is 5.65. The van der Waals surface area contributed by atoms with Crippen LogP contribution in [0, 0.1) is 0 Å². The fraction of sp³-hybridized carbons (Fsp3) is 0.583. The number of fused-ring (bicyclic) bond motifs is 7. The maximum atomic E-state index is 15.0. The standard InChI is InChI=1S/C36H47N5O5S2.H2O.H2/c1-23-20-39(21-24(2)38(23)3)47(43)36-19-31(36)30-18-27(46-4)12-14-28(30)34-33(25-9-6-5-7-10-25)29-13-11-26(17-32(29)41(34)22-36)35(42)37-48(44,45)40-15-8-16-40;;/h11-14,17-18,23-25,31H,5-10,15-16,19-22H2,1-4H3,(H,37,42);1H2;1H/t23-,24+,31?,36?,47?;;. The van der Waals surface area contributed by atoms with Crippen molar-refractivity contribution in [3.05, 3.63) is 53.1 Å². The van der Waals surface area contributed by atoms with Crippen LogP contribution in [0.3, 0.4) is 0 Å². The first kappa shape index (κ1) is 34.6. The smallest absolute Gasteiger partial charge is 0.304 e. The fourth-order valence-corrected chi connectivity index (χ4v) is 12.2. The summed E-state index contributed by atoms with van der Waals surface area (Å²) in [5.74, 6) is 0.652. The Labute approximate surface area is 293 Å². The van der Waals surface area contributed by atoms with Gasteiger partial charge in [0.15, 0.2) is 0 Å². The molecule has 49 heavy (non-hydrogen) atoms. The number of hydrogen-bond acceptors (Lipinski definition) is 6. The number of nitrogens with one attached hydrogen (secondary N) is 1. The number of ether oxygens (including phenoxy) is 1. The van der Waals surface area contributed by atoms with Crippen molar-refractivity contribution in [2.45, 2.75) is 94.0 Å². The molecule has 11 nitrogen and oxygen atoms in total. The number of likely N-dealkylation sites (N-methyl/N-ethyl adjacent to an activating group) is 1. The highest BCUT2D eigenvalue weighted by atomic mass is 32.2. The molecule has 1 amide bonds. The van der Waals surface area contributed by atoms with Gasteiger partial charge in [0.2, 0.25) is 0 Å². The van der Waals surface area contributed by atoms with Crippen molar-refractivity contribution in [1.29, 1.82) is 0 Å². The van der Waals surface area contributed by atoms with Gasteiger partial charge in [-0.05, 0) is 94.0 Å². The Morgan fingerprint density at radius 2 is 1.73 bits per heavy atom. The molecule has 2 aromatic carbocycles. The minimum atomic E-state index is -3.89. The van der Waals surface area contributed by atoms with Crippen molar-refractivity contribution in [2.75, 3.05) is 40.3 Å². The van der Waals surface area contributed by atoms with E-state index in [4.69, 9.17) is 4.74 Å². The first-order valence-electron chi connectivity index (χ1n) is 17.6. The Balaban J connectivity index is 0.00000216. The third-order valence-corrected chi connectivity index (χ3v) is 15.5. The number of carbonyl (C=O) groups excluding carboxylic acids is 1. The highest BCUT2D eigenvalue weighted by Crippen LogP contribution is 2.63. The van der Waals surface area contributed by atoms with Crippen LogP contribution in [0.5, 0.6) is 5.75 Å². The van der Waals surface area contributed by atoms with Crippen molar-refractivity contribution in [2.24, 2.45) is 0 Å². The second-order valence-electron chi connectivity index (χ2n) is 14.8. The van der Waals surface area contributed by atoms with Gasteiger partial charge in [0.1, 0.15) is 16.7 Å². The average Bonchev–Trinajstić information content (AvgIpc) is 3.71. The zero-order valence-corrected chi connectivity index (χ0v) is 30.5. The van der Waals surface area contributed by atoms with E-state index in [9.17, 15) is 17.4 Å². The van der Waals surface area contributed by atoms with E-state index in [0.29, 0.717) is 43.2 Å². The Morgan fingerprint density at radius 3 is 2.39 bits per heavy atom. The van der Waals surface area contributed by atoms with Gasteiger partial charge in [-0.3, -0.25) is 9.69 Å². The molecule has 8 rings (SSSR count). The molecule has 3 aliphatic heterocycles. The number of nitrogens with zero attached hydrogens (tertiary/aromatic N) is 4. The van der Waals surface area contributed by atoms with Crippen LogP contribution in [0.25, 0.3) is 22.2 Å². The van der Waals surface area contributed by atoms with E-state index < -0.39 is 31.8 Å². The summed E-state index contributed by atoms with van der Waals surface area (Å²) in [5.41, 5.74) is 6.02. The quantitative estimate of drug-likeness (QED) is 0.386. The summed E-state index contributed by atoms with van der Waals surface area (Å²) >= 11 is 0. The summed E-state index contributed by atoms with van der Waals surface area (Å²) in [6, 6.07) is 12.6. The van der Waals surface area contributed by atoms with Gasteiger partial charge in [0.25, 0.3) is 5.91 Å². The van der Waals surface area contributed by atoms with E-state index in [1.807, 2.05) is 18.2 Å². The first-order valence-corrected chi connectivity index (χ1v) is 20.1. The highest BCUT2D eigenvalue weighted by molar-refractivity contribution is 7.87. The summed E-state index contributed by atoms with van der Waals surface area (Å²) in [7, 11) is -1.30. The molecule has 2 saturated carbocycles. The average molecular weight is 714 g/mol. The van der Waals surface area contributed by atoms with Crippen molar-refractivity contribution in [3.63, 3.8) is 0 Å². The molecule has 5 atom stereocenters. The molecule has 0 spiro atoms. The Kier molecular flexibility index (Phi) is 9.01. The monoisotopic (exact) mass is 713 g/mol. The van der Waals surface area contributed by atoms with Gasteiger partial charge >= 0.3 is 10.2 Å². The lowest BCUT2D eigenvalue weighted by Gasteiger charge is -2.42. The molecule has 268 valence electrons. The fourth-order valence-electron chi connectivity index (χ4n) is 8.84. The summed E-state index contributed by atoms with van der Waals surface area (Å²) < 4.78 is 54.1. The lowest BCUT2D eigenvalue weighted by molar-refractivity contribution is 0.0977. The van der Waals surface area contributed by atoms with Crippen LogP contribution in [0.1, 0.15) is 93.5 Å². The van der Waals surface area contributed by atoms with Crippen LogP contribution < -0.4 is 9.46 Å². The minimum Gasteiger partial charge on any atom is -0.497 e. The number of amides is 1. The van der Waals surface area contributed by atoms with Crippen molar-refractivity contribution >= 4 is 38.0 Å². The van der Waals surface area contributed by atoms with Gasteiger partial charge in [-0.25, -0.2) is 13.2 Å². The highest BCUT2D eigenvalue weighted by Gasteiger charge is 2.63. The Hall–Kier alpha value is -2.81. The number of carbonyl (C=O) groups is 1. The van der Waals surface area contributed by atoms with E-state index in [1.165, 1.54) is 34.7 Å². The van der Waals surface area contributed by atoms with Crippen LogP contribution in [0.15, 0.2) is 36.4 Å². The van der Waals surface area contributed by atoms with Gasteiger partial charge in [-0.2, -0.15) is 12.7 Å². The summed E-state index contributed by atoms with van der Waals surface area (Å²) in [6.07, 6.45) is 7.40. The van der Waals surface area contributed by atoms with Gasteiger partial charge in [-0.1, -0.05) is 25.3 Å². The molecule has 3 unspecified atom stereocenters. The zero-order chi connectivity index (χ0) is 33.5. The SMILES string of the molecule is COc1ccc2c(c1)C1CC1(S(=O)N1C[C@@H](C)N(C)[C@@H](C)C1)Cn1c-2c(C2CCCCC2)c2ccc(C(=O)NS(=O)(=O)N3CCC3)cc21.O.[HH]. The molecule has 5 aliphatic rings. The molecule has 0 bridgehead atoms. The van der Waals surface area contributed by atoms with Gasteiger partial charge in [0.05, 0.1) is 17.6 Å². The molecular formula is C36H51N5O6S2. The van der Waals surface area contributed by atoms with Gasteiger partial charge < -0.3 is 14.8 Å². The van der Waals surface area contributed by atoms with Crippen molar-refractivity contribution in [1.82, 2.24) is 22.8 Å². The Morgan fingerprint density at radius 1 is 1.02 bits per heavy atom. The number of aromatic nitrogens is 1. The van der Waals surface area contributed by atoms with Crippen LogP contribution in [-0.2, 0) is 27.7 Å². The second kappa shape index (κ2) is 12.8. The van der Waals surface area contributed by atoms with E-state index >= 15 is 0 Å². The van der Waals surface area contributed by atoms with Crippen molar-refractivity contribution in [3.8, 4) is 17.0 Å².